The van der Waals surface area contributed by atoms with Crippen molar-refractivity contribution in [1.82, 2.24) is 9.97 Å². The number of hydrogen-bond donors (Lipinski definition) is 1. The molecule has 0 fully saturated rings. The van der Waals surface area contributed by atoms with Crippen LogP contribution in [-0.4, -0.2) is 24.1 Å². The van der Waals surface area contributed by atoms with Gasteiger partial charge in [0.25, 0.3) is 0 Å². The Kier molecular flexibility index (Phi) is 4.49. The van der Waals surface area contributed by atoms with Crippen molar-refractivity contribution >= 4 is 38.3 Å². The maximum atomic E-state index is 13.8. The maximum absolute atomic E-state index is 13.8. The number of methoxy groups -OCH3 is 1. The zero-order valence-corrected chi connectivity index (χ0v) is 14.0. The number of anilines is 1. The molecule has 120 valence electrons. The second-order valence-corrected chi connectivity index (χ2v) is 5.99. The number of aromatic nitrogens is 2. The summed E-state index contributed by atoms with van der Waals surface area (Å²) in [7, 11) is 3.37. The van der Waals surface area contributed by atoms with Crippen LogP contribution < -0.4 is 14.8 Å². The molecule has 0 atom stereocenters. The lowest BCUT2D eigenvalue weighted by molar-refractivity contribution is 0.298. The Morgan fingerprint density at radius 1 is 1.39 bits per heavy atom. The quantitative estimate of drug-likeness (QED) is 0.699. The summed E-state index contributed by atoms with van der Waals surface area (Å²) in [5, 5.41) is 3.61. The minimum Gasteiger partial charge on any atom is -0.494 e. The fourth-order valence-electron chi connectivity index (χ4n) is 2.05. The number of nitrogens with one attached hydrogen (secondary N) is 1. The molecule has 0 aliphatic carbocycles. The minimum absolute atomic E-state index is 0.0421. The highest BCUT2D eigenvalue weighted by molar-refractivity contribution is 7.22. The zero-order valence-electron chi connectivity index (χ0n) is 12.4. The summed E-state index contributed by atoms with van der Waals surface area (Å²) in [6, 6.07) is 5.10. The summed E-state index contributed by atoms with van der Waals surface area (Å²) in [5.41, 5.74) is 1.09. The number of fused-ring (bicyclic) bond motifs is 1. The number of halogens is 2. The monoisotopic (exact) mass is 353 g/mol. The second kappa shape index (κ2) is 6.55. The van der Waals surface area contributed by atoms with Gasteiger partial charge in [0.1, 0.15) is 23.6 Å². The molecule has 23 heavy (non-hydrogen) atoms. The van der Waals surface area contributed by atoms with Crippen molar-refractivity contribution in [2.45, 2.75) is 6.61 Å². The van der Waals surface area contributed by atoms with Gasteiger partial charge >= 0.3 is 0 Å². The molecule has 1 N–H and O–H groups in total. The molecule has 0 aliphatic rings. The van der Waals surface area contributed by atoms with Crippen molar-refractivity contribution < 1.29 is 13.9 Å². The lowest BCUT2D eigenvalue weighted by Gasteiger charge is -2.09. The third-order valence-corrected chi connectivity index (χ3v) is 4.47. The molecule has 0 bridgehead atoms. The smallest absolute Gasteiger partial charge is 0.183 e. The van der Waals surface area contributed by atoms with Crippen LogP contribution in [0.25, 0.3) is 10.2 Å². The van der Waals surface area contributed by atoms with Crippen molar-refractivity contribution in [2.24, 2.45) is 0 Å². The largest absolute Gasteiger partial charge is 0.494 e. The third kappa shape index (κ3) is 3.16. The van der Waals surface area contributed by atoms with Gasteiger partial charge in [0, 0.05) is 24.9 Å². The molecule has 2 aromatic heterocycles. The molecule has 0 saturated carbocycles. The van der Waals surface area contributed by atoms with Crippen LogP contribution in [0.15, 0.2) is 24.4 Å². The highest BCUT2D eigenvalue weighted by atomic mass is 35.5. The minimum atomic E-state index is -0.572. The van der Waals surface area contributed by atoms with Gasteiger partial charge in [-0.3, -0.25) is 0 Å². The van der Waals surface area contributed by atoms with E-state index in [9.17, 15) is 4.39 Å². The van der Waals surface area contributed by atoms with E-state index >= 15 is 0 Å². The summed E-state index contributed by atoms with van der Waals surface area (Å²) in [6.45, 7) is 0.0421. The van der Waals surface area contributed by atoms with E-state index < -0.39 is 5.82 Å². The van der Waals surface area contributed by atoms with Crippen LogP contribution in [0, 0.1) is 5.82 Å². The average Bonchev–Trinajstić information content (AvgIpc) is 2.98. The van der Waals surface area contributed by atoms with Crippen LogP contribution in [0.2, 0.25) is 5.15 Å². The Morgan fingerprint density at radius 3 is 2.96 bits per heavy atom. The van der Waals surface area contributed by atoms with Crippen molar-refractivity contribution in [3.8, 4) is 11.5 Å². The van der Waals surface area contributed by atoms with Crippen LogP contribution in [0.3, 0.4) is 0 Å². The molecular weight excluding hydrogens is 341 g/mol. The number of hydrogen-bond acceptors (Lipinski definition) is 6. The molecule has 3 rings (SSSR count). The molecule has 0 aliphatic heterocycles. The molecule has 1 aromatic carbocycles. The Balaban J connectivity index is 1.89. The highest BCUT2D eigenvalue weighted by Crippen LogP contribution is 2.36. The Morgan fingerprint density at radius 2 is 2.22 bits per heavy atom. The summed E-state index contributed by atoms with van der Waals surface area (Å²) in [6.07, 6.45) is 1.44. The maximum Gasteiger partial charge on any atom is 0.183 e. The first kappa shape index (κ1) is 15.8. The van der Waals surface area contributed by atoms with E-state index in [1.54, 1.807) is 20.2 Å². The molecule has 5 nitrogen and oxygen atoms in total. The highest BCUT2D eigenvalue weighted by Gasteiger charge is 2.13. The number of rotatable bonds is 5. The fraction of sp³-hybridized carbons (Fsp3) is 0.200. The van der Waals surface area contributed by atoms with Crippen LogP contribution in [0.4, 0.5) is 9.52 Å². The van der Waals surface area contributed by atoms with E-state index in [0.29, 0.717) is 17.1 Å². The van der Waals surface area contributed by atoms with Gasteiger partial charge in [-0.25, -0.2) is 14.4 Å². The van der Waals surface area contributed by atoms with Gasteiger partial charge in [0.05, 0.1) is 11.8 Å². The SMILES string of the molecule is CNc1nc2c(OC)cc(OCc3ccnc(Cl)c3F)cc2s1. The van der Waals surface area contributed by atoms with Crippen molar-refractivity contribution in [3.63, 3.8) is 0 Å². The van der Waals surface area contributed by atoms with E-state index in [4.69, 9.17) is 21.1 Å². The predicted octanol–water partition coefficient (Wildman–Crippen LogP) is 4.11. The first-order chi connectivity index (χ1) is 11.1. The van der Waals surface area contributed by atoms with E-state index in [-0.39, 0.29) is 11.8 Å². The van der Waals surface area contributed by atoms with Gasteiger partial charge in [-0.15, -0.1) is 0 Å². The molecule has 0 unspecified atom stereocenters. The summed E-state index contributed by atoms with van der Waals surface area (Å²) in [5.74, 6) is 0.592. The van der Waals surface area contributed by atoms with Gasteiger partial charge in [0.2, 0.25) is 0 Å². The van der Waals surface area contributed by atoms with Gasteiger partial charge in [-0.1, -0.05) is 22.9 Å². The standard InChI is InChI=1S/C15H13ClFN3O2S/c1-18-15-20-13-10(21-2)5-9(6-11(13)23-15)22-7-8-3-4-19-14(16)12(8)17/h3-6H,7H2,1-2H3,(H,18,20). The summed E-state index contributed by atoms with van der Waals surface area (Å²) >= 11 is 7.15. The van der Waals surface area contributed by atoms with Crippen molar-refractivity contribution in [3.05, 3.63) is 40.9 Å². The molecule has 0 spiro atoms. The normalized spacial score (nSPS) is 10.8. The zero-order chi connectivity index (χ0) is 16.4. The van der Waals surface area contributed by atoms with Crippen LogP contribution >= 0.6 is 22.9 Å². The Labute approximate surface area is 141 Å². The molecular formula is C15H13ClFN3O2S. The summed E-state index contributed by atoms with van der Waals surface area (Å²) < 4.78 is 25.8. The van der Waals surface area contributed by atoms with E-state index in [1.807, 2.05) is 6.07 Å². The Bertz CT molecular complexity index is 856. The second-order valence-electron chi connectivity index (χ2n) is 4.60. The van der Waals surface area contributed by atoms with Gasteiger partial charge in [0.15, 0.2) is 16.1 Å². The van der Waals surface area contributed by atoms with Crippen LogP contribution in [0.5, 0.6) is 11.5 Å². The van der Waals surface area contributed by atoms with Gasteiger partial charge < -0.3 is 14.8 Å². The van der Waals surface area contributed by atoms with Gasteiger partial charge in [-0.2, -0.15) is 0 Å². The molecule has 3 aromatic rings. The topological polar surface area (TPSA) is 56.3 Å². The Hall–Kier alpha value is -2.12. The number of ether oxygens (including phenoxy) is 2. The molecule has 0 amide bonds. The number of benzene rings is 1. The van der Waals surface area contributed by atoms with Gasteiger partial charge in [-0.05, 0) is 12.1 Å². The van der Waals surface area contributed by atoms with Crippen molar-refractivity contribution in [2.75, 3.05) is 19.5 Å². The van der Waals surface area contributed by atoms with E-state index in [0.717, 1.165) is 15.3 Å². The molecule has 2 heterocycles. The molecule has 0 saturated heterocycles. The van der Waals surface area contributed by atoms with Crippen molar-refractivity contribution in [1.29, 1.82) is 0 Å². The lowest BCUT2D eigenvalue weighted by atomic mass is 10.2. The first-order valence-corrected chi connectivity index (χ1v) is 7.90. The first-order valence-electron chi connectivity index (χ1n) is 6.70. The number of thiazole rings is 1. The lowest BCUT2D eigenvalue weighted by Crippen LogP contribution is -2.00. The average molecular weight is 354 g/mol. The van der Waals surface area contributed by atoms with Crippen LogP contribution in [-0.2, 0) is 6.61 Å². The number of pyridine rings is 1. The predicted molar refractivity (Wildman–Crippen MR) is 89.3 cm³/mol. The van der Waals surface area contributed by atoms with Crippen LogP contribution in [0.1, 0.15) is 5.56 Å². The number of nitrogens with zero attached hydrogens (tertiary/aromatic N) is 2. The molecule has 8 heteroatoms. The van der Waals surface area contributed by atoms with E-state index in [2.05, 4.69) is 15.3 Å². The molecule has 0 radical (unpaired) electrons. The third-order valence-electron chi connectivity index (χ3n) is 3.19. The summed E-state index contributed by atoms with van der Waals surface area (Å²) in [4.78, 5) is 8.10. The fourth-order valence-corrected chi connectivity index (χ4v) is 3.09. The van der Waals surface area contributed by atoms with E-state index in [1.165, 1.54) is 23.6 Å².